The number of methoxy groups -OCH3 is 1. The number of carbonyl (C=O) groups is 1. The summed E-state index contributed by atoms with van der Waals surface area (Å²) in [5, 5.41) is 8.20. The monoisotopic (exact) mass is 466 g/mol. The van der Waals surface area contributed by atoms with Gasteiger partial charge in [0.1, 0.15) is 10.8 Å². The molecule has 164 valence electrons. The fourth-order valence-electron chi connectivity index (χ4n) is 3.05. The number of amides is 1. The molecule has 4 aromatic rings. The Hall–Kier alpha value is -3.17. The molecule has 2 aromatic heterocycles. The van der Waals surface area contributed by atoms with Gasteiger partial charge in [-0.2, -0.15) is 9.61 Å². The molecule has 0 bridgehead atoms. The second-order valence-corrected chi connectivity index (χ2v) is 9.32. The quantitative estimate of drug-likeness (QED) is 0.393. The number of ether oxygens (including phenoxy) is 1. The number of anilines is 1. The van der Waals surface area contributed by atoms with Gasteiger partial charge < -0.3 is 10.1 Å². The van der Waals surface area contributed by atoms with Crippen LogP contribution in [0.25, 0.3) is 4.96 Å². The van der Waals surface area contributed by atoms with Crippen LogP contribution < -0.4 is 15.6 Å². The maximum absolute atomic E-state index is 12.8. The van der Waals surface area contributed by atoms with Crippen LogP contribution in [0.3, 0.4) is 0 Å². The first-order chi connectivity index (χ1) is 15.5. The SMILES string of the molecule is COc1ccccc1C(=O)Nc1ccccc1SCc1cc(=O)n2nc(C(C)C)sc2n1. The number of hydrogen-bond acceptors (Lipinski definition) is 7. The molecule has 0 saturated heterocycles. The number of benzene rings is 2. The first-order valence-corrected chi connectivity index (χ1v) is 11.8. The third-order valence-electron chi connectivity index (χ3n) is 4.67. The van der Waals surface area contributed by atoms with Crippen molar-refractivity contribution in [3.63, 3.8) is 0 Å². The van der Waals surface area contributed by atoms with Crippen molar-refractivity contribution < 1.29 is 9.53 Å². The zero-order valence-electron chi connectivity index (χ0n) is 17.9. The fraction of sp³-hybridized carbons (Fsp3) is 0.217. The predicted octanol–water partition coefficient (Wildman–Crippen LogP) is 4.83. The van der Waals surface area contributed by atoms with E-state index in [1.165, 1.54) is 40.8 Å². The highest BCUT2D eigenvalue weighted by atomic mass is 32.2. The van der Waals surface area contributed by atoms with E-state index < -0.39 is 0 Å². The minimum Gasteiger partial charge on any atom is -0.496 e. The Bertz CT molecular complexity index is 1330. The van der Waals surface area contributed by atoms with E-state index in [1.807, 2.05) is 44.2 Å². The normalized spacial score (nSPS) is 11.1. The number of para-hydroxylation sites is 2. The van der Waals surface area contributed by atoms with Crippen molar-refractivity contribution in [2.24, 2.45) is 0 Å². The number of fused-ring (bicyclic) bond motifs is 1. The van der Waals surface area contributed by atoms with E-state index >= 15 is 0 Å². The molecule has 2 aromatic carbocycles. The molecule has 0 fully saturated rings. The van der Waals surface area contributed by atoms with Crippen LogP contribution in [-0.4, -0.2) is 27.6 Å². The summed E-state index contributed by atoms with van der Waals surface area (Å²) in [6.45, 7) is 4.07. The molecule has 1 N–H and O–H groups in total. The Morgan fingerprint density at radius 3 is 2.72 bits per heavy atom. The maximum Gasteiger partial charge on any atom is 0.275 e. The average molecular weight is 467 g/mol. The Labute approximate surface area is 193 Å². The van der Waals surface area contributed by atoms with Gasteiger partial charge in [0.2, 0.25) is 4.96 Å². The van der Waals surface area contributed by atoms with Gasteiger partial charge in [0.25, 0.3) is 11.5 Å². The number of nitrogens with one attached hydrogen (secondary N) is 1. The van der Waals surface area contributed by atoms with Gasteiger partial charge in [0.05, 0.1) is 24.1 Å². The summed E-state index contributed by atoms with van der Waals surface area (Å²) in [5.41, 5.74) is 1.63. The zero-order chi connectivity index (χ0) is 22.7. The van der Waals surface area contributed by atoms with E-state index in [0.29, 0.717) is 33.4 Å². The molecule has 0 saturated carbocycles. The molecule has 0 aliphatic rings. The lowest BCUT2D eigenvalue weighted by atomic mass is 10.2. The van der Waals surface area contributed by atoms with Crippen molar-refractivity contribution in [1.82, 2.24) is 14.6 Å². The Kier molecular flexibility index (Phi) is 6.57. The minimum absolute atomic E-state index is 0.188. The first kappa shape index (κ1) is 22.0. The second-order valence-electron chi connectivity index (χ2n) is 7.31. The first-order valence-electron chi connectivity index (χ1n) is 10.0. The Morgan fingerprint density at radius 2 is 1.94 bits per heavy atom. The number of aromatic nitrogens is 3. The Balaban J connectivity index is 1.54. The topological polar surface area (TPSA) is 85.6 Å². The molecule has 0 spiro atoms. The molecule has 32 heavy (non-hydrogen) atoms. The summed E-state index contributed by atoms with van der Waals surface area (Å²) < 4.78 is 6.65. The van der Waals surface area contributed by atoms with Crippen molar-refractivity contribution in [3.05, 3.63) is 81.2 Å². The fourth-order valence-corrected chi connectivity index (χ4v) is 4.87. The number of nitrogens with zero attached hydrogens (tertiary/aromatic N) is 3. The molecular formula is C23H22N4O3S2. The van der Waals surface area contributed by atoms with Crippen LogP contribution in [0.4, 0.5) is 5.69 Å². The van der Waals surface area contributed by atoms with Gasteiger partial charge in [-0.1, -0.05) is 49.4 Å². The van der Waals surface area contributed by atoms with E-state index in [-0.39, 0.29) is 17.4 Å². The Morgan fingerprint density at radius 1 is 1.19 bits per heavy atom. The zero-order valence-corrected chi connectivity index (χ0v) is 19.5. The molecule has 0 radical (unpaired) electrons. The summed E-state index contributed by atoms with van der Waals surface area (Å²) in [6, 6.07) is 16.1. The van der Waals surface area contributed by atoms with E-state index in [4.69, 9.17) is 4.74 Å². The number of rotatable bonds is 7. The molecule has 0 unspecified atom stereocenters. The van der Waals surface area contributed by atoms with Crippen molar-refractivity contribution in [3.8, 4) is 5.75 Å². The second kappa shape index (κ2) is 9.54. The standard InChI is InChI=1S/C23H22N4O3S2/c1-14(2)22-26-27-20(28)12-15(24-23(27)32-22)13-31-19-11-7-5-9-17(19)25-21(29)16-8-4-6-10-18(16)30-3/h4-12,14H,13H2,1-3H3,(H,25,29). The molecule has 0 aliphatic carbocycles. The van der Waals surface area contributed by atoms with Crippen LogP contribution >= 0.6 is 23.1 Å². The van der Waals surface area contributed by atoms with Crippen LogP contribution in [0.1, 0.15) is 40.8 Å². The highest BCUT2D eigenvalue weighted by Gasteiger charge is 2.15. The van der Waals surface area contributed by atoms with E-state index in [9.17, 15) is 9.59 Å². The van der Waals surface area contributed by atoms with Gasteiger partial charge in [0, 0.05) is 22.6 Å². The van der Waals surface area contributed by atoms with Crippen LogP contribution in [0.2, 0.25) is 0 Å². The van der Waals surface area contributed by atoms with Crippen molar-refractivity contribution in [2.45, 2.75) is 30.4 Å². The highest BCUT2D eigenvalue weighted by Crippen LogP contribution is 2.30. The van der Waals surface area contributed by atoms with Crippen LogP contribution in [0.5, 0.6) is 5.75 Å². The molecule has 0 atom stereocenters. The van der Waals surface area contributed by atoms with Crippen molar-refractivity contribution >= 4 is 39.7 Å². The number of hydrogen-bond donors (Lipinski definition) is 1. The summed E-state index contributed by atoms with van der Waals surface area (Å²) in [4.78, 5) is 31.4. The molecule has 7 nitrogen and oxygen atoms in total. The van der Waals surface area contributed by atoms with E-state index in [0.717, 1.165) is 9.90 Å². The summed E-state index contributed by atoms with van der Waals surface area (Å²) in [7, 11) is 1.54. The molecule has 9 heteroatoms. The largest absolute Gasteiger partial charge is 0.496 e. The predicted molar refractivity (Wildman–Crippen MR) is 128 cm³/mol. The van der Waals surface area contributed by atoms with Gasteiger partial charge in [-0.3, -0.25) is 9.59 Å². The molecule has 4 rings (SSSR count). The van der Waals surface area contributed by atoms with Gasteiger partial charge in [-0.15, -0.1) is 11.8 Å². The van der Waals surface area contributed by atoms with Crippen molar-refractivity contribution in [2.75, 3.05) is 12.4 Å². The lowest BCUT2D eigenvalue weighted by molar-refractivity contribution is 0.102. The average Bonchev–Trinajstić information content (AvgIpc) is 3.24. The third-order valence-corrected chi connectivity index (χ3v) is 6.99. The van der Waals surface area contributed by atoms with E-state index in [1.54, 1.807) is 18.2 Å². The lowest BCUT2D eigenvalue weighted by Gasteiger charge is -2.12. The van der Waals surface area contributed by atoms with E-state index in [2.05, 4.69) is 15.4 Å². The summed E-state index contributed by atoms with van der Waals surface area (Å²) >= 11 is 2.94. The smallest absolute Gasteiger partial charge is 0.275 e. The van der Waals surface area contributed by atoms with Gasteiger partial charge >= 0.3 is 0 Å². The molecule has 1 amide bonds. The maximum atomic E-state index is 12.8. The third kappa shape index (κ3) is 4.68. The van der Waals surface area contributed by atoms with Crippen LogP contribution in [0, 0.1) is 0 Å². The number of carbonyl (C=O) groups excluding carboxylic acids is 1. The van der Waals surface area contributed by atoms with Crippen LogP contribution in [0.15, 0.2) is 64.3 Å². The van der Waals surface area contributed by atoms with Crippen molar-refractivity contribution in [1.29, 1.82) is 0 Å². The molecule has 2 heterocycles. The van der Waals surface area contributed by atoms with Gasteiger partial charge in [0.15, 0.2) is 0 Å². The molecule has 0 aliphatic heterocycles. The van der Waals surface area contributed by atoms with Gasteiger partial charge in [-0.25, -0.2) is 4.98 Å². The lowest BCUT2D eigenvalue weighted by Crippen LogP contribution is -2.15. The van der Waals surface area contributed by atoms with Crippen LogP contribution in [-0.2, 0) is 5.75 Å². The van der Waals surface area contributed by atoms with Gasteiger partial charge in [-0.05, 0) is 24.3 Å². The highest BCUT2D eigenvalue weighted by molar-refractivity contribution is 7.98. The molecular weight excluding hydrogens is 444 g/mol. The minimum atomic E-state index is -0.251. The summed E-state index contributed by atoms with van der Waals surface area (Å²) in [5.74, 6) is 0.984. The number of thioether (sulfide) groups is 1. The summed E-state index contributed by atoms with van der Waals surface area (Å²) in [6.07, 6.45) is 0.